The molecule has 0 saturated carbocycles. The van der Waals surface area contributed by atoms with Gasteiger partial charge < -0.3 is 33.3 Å². The third-order valence-electron chi connectivity index (χ3n) is 20.7. The summed E-state index contributed by atoms with van der Waals surface area (Å²) in [5.41, 5.74) is 30.3. The van der Waals surface area contributed by atoms with Crippen molar-refractivity contribution in [1.29, 1.82) is 0 Å². The molecule has 4 aliphatic heterocycles. The maximum absolute atomic E-state index is 2.62. The molecule has 7 nitrogen and oxygen atoms in total. The molecule has 93 heavy (non-hydrogen) atoms. The second kappa shape index (κ2) is 19.6. The zero-order valence-corrected chi connectivity index (χ0v) is 52.1. The van der Waals surface area contributed by atoms with Crippen LogP contribution in [0.3, 0.4) is 0 Å². The molecule has 0 atom stereocenters. The molecule has 9 heteroatoms. The Bertz CT molecular complexity index is 5460. The van der Waals surface area contributed by atoms with E-state index in [0.29, 0.717) is 0 Å². The van der Waals surface area contributed by atoms with Gasteiger partial charge in [0, 0.05) is 129 Å². The molecule has 0 unspecified atom stereocenters. The monoisotopic (exact) mass is 1190 g/mol. The van der Waals surface area contributed by atoms with Crippen LogP contribution in [0.2, 0.25) is 0 Å². The van der Waals surface area contributed by atoms with E-state index in [4.69, 9.17) is 0 Å². The maximum atomic E-state index is 2.62. The fourth-order valence-corrected chi connectivity index (χ4v) is 17.3. The summed E-state index contributed by atoms with van der Waals surface area (Å²) in [6.07, 6.45) is 0. The Labute approximate surface area is 540 Å². The molecule has 4 aliphatic rings. The molecule has 0 fully saturated rings. The highest BCUT2D eigenvalue weighted by Crippen LogP contribution is 2.50. The van der Waals surface area contributed by atoms with E-state index in [9.17, 15) is 0 Å². The van der Waals surface area contributed by atoms with Crippen LogP contribution >= 0.6 is 0 Å². The van der Waals surface area contributed by atoms with Crippen LogP contribution in [0.4, 0.5) is 56.9 Å². The number of rotatable bonds is 9. The first kappa shape index (κ1) is 52.4. The average molecular weight is 1190 g/mol. The van der Waals surface area contributed by atoms with Gasteiger partial charge in [0.05, 0.1) is 22.1 Å². The number of fused-ring (bicyclic) bond motifs is 17. The van der Waals surface area contributed by atoms with Gasteiger partial charge in [-0.2, -0.15) is 0 Å². The molecule has 0 bridgehead atoms. The van der Waals surface area contributed by atoms with Crippen LogP contribution < -0.4 is 52.4 Å². The quantitative estimate of drug-likeness (QED) is 0.135. The zero-order valence-electron chi connectivity index (χ0n) is 52.1. The first-order chi connectivity index (χ1) is 45.9. The summed E-state index contributed by atoms with van der Waals surface area (Å²) in [5.74, 6) is 0. The summed E-state index contributed by atoms with van der Waals surface area (Å²) >= 11 is 0. The Balaban J connectivity index is 0.925. The van der Waals surface area contributed by atoms with Crippen molar-refractivity contribution in [3.8, 4) is 17.1 Å². The van der Waals surface area contributed by atoms with Crippen LogP contribution in [0.1, 0.15) is 27.7 Å². The van der Waals surface area contributed by atoms with Crippen molar-refractivity contribution in [2.75, 3.05) is 19.6 Å². The molecule has 13 aromatic carbocycles. The van der Waals surface area contributed by atoms with Gasteiger partial charge in [-0.1, -0.05) is 176 Å². The number of hydrogen-bond donors (Lipinski definition) is 0. The van der Waals surface area contributed by atoms with Gasteiger partial charge >= 0.3 is 0 Å². The van der Waals surface area contributed by atoms with Crippen molar-refractivity contribution in [1.82, 2.24) is 13.7 Å². The predicted octanol–water partition coefficient (Wildman–Crippen LogP) is 17.3. The van der Waals surface area contributed by atoms with Crippen LogP contribution in [0, 0.1) is 0 Å². The Hall–Kier alpha value is -11.4. The average Bonchev–Trinajstić information content (AvgIpc) is 1.65. The van der Waals surface area contributed by atoms with Crippen LogP contribution in [-0.2, 0) is 0 Å². The lowest BCUT2D eigenvalue weighted by Crippen LogP contribution is -2.60. The summed E-state index contributed by atoms with van der Waals surface area (Å²) < 4.78 is 7.77. The van der Waals surface area contributed by atoms with Crippen molar-refractivity contribution in [3.05, 3.63) is 285 Å². The predicted molar refractivity (Wildman–Crippen MR) is 396 cm³/mol. The van der Waals surface area contributed by atoms with Gasteiger partial charge in [-0.15, -0.1) is 0 Å². The molecule has 7 heterocycles. The molecule has 0 N–H and O–H groups in total. The van der Waals surface area contributed by atoms with Crippen molar-refractivity contribution < 1.29 is 0 Å². The number of benzene rings is 13. The van der Waals surface area contributed by atoms with E-state index >= 15 is 0 Å². The number of nitrogens with zero attached hydrogens (tertiary/aromatic N) is 7. The third-order valence-corrected chi connectivity index (χ3v) is 20.7. The lowest BCUT2D eigenvalue weighted by Gasteiger charge is -2.42. The summed E-state index contributed by atoms with van der Waals surface area (Å²) in [5, 5.41) is 7.53. The Morgan fingerprint density at radius 1 is 0.258 bits per heavy atom. The van der Waals surface area contributed by atoms with Crippen LogP contribution in [-0.4, -0.2) is 39.2 Å². The largest absolute Gasteiger partial charge is 0.339 e. The van der Waals surface area contributed by atoms with E-state index < -0.39 is 0 Å². The van der Waals surface area contributed by atoms with Crippen molar-refractivity contribution in [2.45, 2.75) is 39.8 Å². The van der Waals surface area contributed by atoms with Crippen LogP contribution in [0.5, 0.6) is 0 Å². The SMILES string of the molecule is CC(C)N(c1ccccc1)c1cc2c3c(c1)-n1c4ccccc4c4cccc(c41)B3c1cc3c4cc5c(cc4n(-c4ccccc4)c3cc1N2c1ccccc1)N(c1ccccc1)c1cc(N(c2ccccc2)C(C)C)cc2c1B5c1cccc3c4ccccc4n-2c13. The van der Waals surface area contributed by atoms with E-state index in [1.807, 2.05) is 0 Å². The Morgan fingerprint density at radius 3 is 1.02 bits per heavy atom. The highest BCUT2D eigenvalue weighted by Gasteiger charge is 2.46. The first-order valence-corrected chi connectivity index (χ1v) is 32.9. The number of anilines is 10. The molecule has 0 aliphatic carbocycles. The van der Waals surface area contributed by atoms with Crippen LogP contribution in [0.15, 0.2) is 285 Å². The van der Waals surface area contributed by atoms with E-state index in [0.717, 1.165) is 50.8 Å². The second-order valence-electron chi connectivity index (χ2n) is 26.3. The molecule has 0 spiro atoms. The molecular formula is C84H61B2N7. The van der Waals surface area contributed by atoms with Gasteiger partial charge in [0.25, 0.3) is 13.4 Å². The topological polar surface area (TPSA) is 27.8 Å². The third kappa shape index (κ3) is 7.22. The minimum atomic E-state index is -0.0998. The molecule has 3 aromatic heterocycles. The molecule has 0 radical (unpaired) electrons. The van der Waals surface area contributed by atoms with E-state index in [2.05, 4.69) is 346 Å². The Morgan fingerprint density at radius 2 is 0.613 bits per heavy atom. The van der Waals surface area contributed by atoms with Gasteiger partial charge in [-0.3, -0.25) is 0 Å². The first-order valence-electron chi connectivity index (χ1n) is 32.9. The maximum Gasteiger partial charge on any atom is 0.252 e. The van der Waals surface area contributed by atoms with E-state index in [-0.39, 0.29) is 25.5 Å². The minimum absolute atomic E-state index is 0.0998. The Kier molecular flexibility index (Phi) is 11.0. The van der Waals surface area contributed by atoms with Crippen LogP contribution in [0.25, 0.3) is 82.5 Å². The second-order valence-corrected chi connectivity index (χ2v) is 26.3. The number of para-hydroxylation sites is 9. The minimum Gasteiger partial charge on any atom is -0.339 e. The molecule has 438 valence electrons. The number of aromatic nitrogens is 3. The summed E-state index contributed by atoms with van der Waals surface area (Å²) in [7, 11) is 0. The van der Waals surface area contributed by atoms with Crippen molar-refractivity contribution >= 4 is 168 Å². The fourth-order valence-electron chi connectivity index (χ4n) is 17.3. The molecule has 16 aromatic rings. The van der Waals surface area contributed by atoms with Gasteiger partial charge in [-0.05, 0) is 170 Å². The summed E-state index contributed by atoms with van der Waals surface area (Å²) in [4.78, 5) is 10.2. The smallest absolute Gasteiger partial charge is 0.252 e. The zero-order chi connectivity index (χ0) is 61.5. The van der Waals surface area contributed by atoms with Crippen molar-refractivity contribution in [2.24, 2.45) is 0 Å². The number of hydrogen-bond acceptors (Lipinski definition) is 4. The van der Waals surface area contributed by atoms with Crippen molar-refractivity contribution in [3.63, 3.8) is 0 Å². The van der Waals surface area contributed by atoms with E-state index in [1.165, 1.54) is 121 Å². The van der Waals surface area contributed by atoms with Gasteiger partial charge in [0.15, 0.2) is 0 Å². The summed E-state index contributed by atoms with van der Waals surface area (Å²) in [6, 6.07) is 108. The highest BCUT2D eigenvalue weighted by atomic mass is 15.2. The fraction of sp³-hybridized carbons (Fsp3) is 0.0714. The normalized spacial score (nSPS) is 13.3. The molecular weight excluding hydrogens is 1130 g/mol. The summed E-state index contributed by atoms with van der Waals surface area (Å²) in [6.45, 7) is 9.06. The van der Waals surface area contributed by atoms with Gasteiger partial charge in [-0.25, -0.2) is 0 Å². The van der Waals surface area contributed by atoms with Gasteiger partial charge in [0.2, 0.25) is 0 Å². The lowest BCUT2D eigenvalue weighted by atomic mass is 9.33. The highest BCUT2D eigenvalue weighted by molar-refractivity contribution is 7.01. The standard InChI is InChI=1S/C84H61B2N7/c1-52(2)87(54-26-10-5-11-27-54)59-44-77-81-79(46-59)92-71-42-22-20-36-61(71)63-38-24-40-67(83(63)92)85(81)69-48-65-66-49-70-76(51-74(66)89(56-30-14-7-15-31-56)73(65)50-75(69)90(77)57-32-16-8-17-33-57)91(58-34-18-9-19-35-58)78-45-60(88(53(3)4)55-28-12-6-13-29-55)47-80-82(78)86(70)68-41-25-39-64-62-37-21-23-43-72(62)93(80)84(64)68/h5-53H,1-4H3. The molecule has 0 amide bonds. The molecule has 20 rings (SSSR count). The van der Waals surface area contributed by atoms with E-state index in [1.54, 1.807) is 0 Å². The lowest BCUT2D eigenvalue weighted by molar-refractivity contribution is 0.788. The molecule has 0 saturated heterocycles. The van der Waals surface area contributed by atoms with Gasteiger partial charge in [0.1, 0.15) is 0 Å².